The molecule has 0 bridgehead atoms. The van der Waals surface area contributed by atoms with Crippen molar-refractivity contribution < 1.29 is 4.79 Å². The van der Waals surface area contributed by atoms with Crippen LogP contribution in [0.5, 0.6) is 0 Å². The number of ketones is 1. The van der Waals surface area contributed by atoms with Crippen LogP contribution in [0, 0.1) is 0 Å². The van der Waals surface area contributed by atoms with E-state index in [9.17, 15) is 4.79 Å². The average molecular weight is 218 g/mol. The predicted octanol–water partition coefficient (Wildman–Crippen LogP) is 4.06. The highest BCUT2D eigenvalue weighted by Gasteiger charge is 2.14. The molecule has 0 spiro atoms. The molecule has 0 fully saturated rings. The van der Waals surface area contributed by atoms with Gasteiger partial charge in [0.15, 0.2) is 5.78 Å². The molecule has 2 aromatic rings. The number of hydrogen-bond donors (Lipinski definition) is 0. The summed E-state index contributed by atoms with van der Waals surface area (Å²) in [5.41, 5.74) is 0.942. The number of benzene rings is 1. The lowest BCUT2D eigenvalue weighted by atomic mass is 10.1. The molecule has 0 radical (unpaired) electrons. The van der Waals surface area contributed by atoms with Crippen LogP contribution in [0.4, 0.5) is 0 Å². The maximum Gasteiger partial charge on any atom is 0.161 e. The van der Waals surface area contributed by atoms with Crippen molar-refractivity contribution in [2.24, 2.45) is 0 Å². The molecule has 1 heterocycles. The molecule has 0 amide bonds. The van der Waals surface area contributed by atoms with Crippen molar-refractivity contribution in [2.45, 2.75) is 26.7 Å². The number of hydrogen-bond acceptors (Lipinski definition) is 2. The minimum Gasteiger partial charge on any atom is -0.294 e. The van der Waals surface area contributed by atoms with E-state index in [2.05, 4.69) is 13.0 Å². The zero-order chi connectivity index (χ0) is 10.8. The summed E-state index contributed by atoms with van der Waals surface area (Å²) in [7, 11) is 0. The van der Waals surface area contributed by atoms with E-state index >= 15 is 0 Å². The second-order valence-electron chi connectivity index (χ2n) is 3.70. The summed E-state index contributed by atoms with van der Waals surface area (Å²) in [6, 6.07) is 8.16. The van der Waals surface area contributed by atoms with Gasteiger partial charge in [0.05, 0.1) is 0 Å². The van der Waals surface area contributed by atoms with Gasteiger partial charge in [-0.2, -0.15) is 0 Å². The highest BCUT2D eigenvalue weighted by atomic mass is 32.1. The lowest BCUT2D eigenvalue weighted by Gasteiger charge is -1.97. The summed E-state index contributed by atoms with van der Waals surface area (Å²) in [6.45, 7) is 3.81. The van der Waals surface area contributed by atoms with Crippen LogP contribution in [0.1, 0.15) is 35.5 Å². The van der Waals surface area contributed by atoms with Crippen molar-refractivity contribution in [1.82, 2.24) is 0 Å². The Bertz CT molecular complexity index is 496. The van der Waals surface area contributed by atoms with Crippen molar-refractivity contribution in [3.8, 4) is 0 Å². The second kappa shape index (κ2) is 4.15. The number of aryl methyl sites for hydroxylation is 1. The molecule has 78 valence electrons. The van der Waals surface area contributed by atoms with Crippen molar-refractivity contribution in [1.29, 1.82) is 0 Å². The van der Waals surface area contributed by atoms with E-state index in [0.29, 0.717) is 0 Å². The van der Waals surface area contributed by atoms with E-state index in [0.717, 1.165) is 23.8 Å². The lowest BCUT2D eigenvalue weighted by Crippen LogP contribution is -1.95. The van der Waals surface area contributed by atoms with Crippen molar-refractivity contribution in [2.75, 3.05) is 0 Å². The standard InChI is InChI=1S/C13H14OS/c1-3-6-12-13(9(2)14)10-7-4-5-8-11(10)15-12/h4-5,7-8H,3,6H2,1-2H3. The summed E-state index contributed by atoms with van der Waals surface area (Å²) in [5.74, 6) is 0.191. The molecule has 0 saturated carbocycles. The maximum absolute atomic E-state index is 11.6. The molecule has 15 heavy (non-hydrogen) atoms. The zero-order valence-electron chi connectivity index (χ0n) is 9.04. The Labute approximate surface area is 93.7 Å². The molecule has 1 aromatic heterocycles. The first-order valence-electron chi connectivity index (χ1n) is 5.25. The number of fused-ring (bicyclic) bond motifs is 1. The molecule has 0 aliphatic heterocycles. The van der Waals surface area contributed by atoms with Crippen LogP contribution in [0.25, 0.3) is 10.1 Å². The smallest absolute Gasteiger partial charge is 0.161 e. The third-order valence-corrected chi connectivity index (χ3v) is 3.73. The highest BCUT2D eigenvalue weighted by Crippen LogP contribution is 2.32. The third-order valence-electron chi connectivity index (χ3n) is 2.50. The quantitative estimate of drug-likeness (QED) is 0.710. The molecular weight excluding hydrogens is 204 g/mol. The van der Waals surface area contributed by atoms with Gasteiger partial charge in [0.25, 0.3) is 0 Å². The Balaban J connectivity index is 2.69. The van der Waals surface area contributed by atoms with Gasteiger partial charge >= 0.3 is 0 Å². The van der Waals surface area contributed by atoms with Gasteiger partial charge in [-0.25, -0.2) is 0 Å². The number of rotatable bonds is 3. The monoisotopic (exact) mass is 218 g/mol. The minimum atomic E-state index is 0.191. The molecular formula is C13H14OS. The summed E-state index contributed by atoms with van der Waals surface area (Å²) in [6.07, 6.45) is 2.10. The topological polar surface area (TPSA) is 17.1 Å². The first kappa shape index (κ1) is 10.4. The van der Waals surface area contributed by atoms with E-state index in [-0.39, 0.29) is 5.78 Å². The van der Waals surface area contributed by atoms with Crippen LogP contribution in [0.3, 0.4) is 0 Å². The molecule has 0 saturated heterocycles. The molecule has 0 N–H and O–H groups in total. The number of thiophene rings is 1. The van der Waals surface area contributed by atoms with Gasteiger partial charge in [0.1, 0.15) is 0 Å². The van der Waals surface area contributed by atoms with Crippen LogP contribution >= 0.6 is 11.3 Å². The fourth-order valence-electron chi connectivity index (χ4n) is 1.89. The van der Waals surface area contributed by atoms with Crippen LogP contribution in [0.2, 0.25) is 0 Å². The Morgan fingerprint density at radius 2 is 2.07 bits per heavy atom. The van der Waals surface area contributed by atoms with Crippen LogP contribution < -0.4 is 0 Å². The first-order chi connectivity index (χ1) is 7.24. The van der Waals surface area contributed by atoms with Crippen LogP contribution in [0.15, 0.2) is 24.3 Å². The summed E-state index contributed by atoms with van der Waals surface area (Å²) >= 11 is 1.76. The molecule has 1 nitrogen and oxygen atoms in total. The molecule has 1 aromatic carbocycles. The maximum atomic E-state index is 11.6. The van der Waals surface area contributed by atoms with Gasteiger partial charge in [0.2, 0.25) is 0 Å². The minimum absolute atomic E-state index is 0.191. The normalized spacial score (nSPS) is 10.8. The molecule has 0 unspecified atom stereocenters. The van der Waals surface area contributed by atoms with Crippen molar-refractivity contribution >= 4 is 27.2 Å². The van der Waals surface area contributed by atoms with Crippen LogP contribution in [-0.2, 0) is 6.42 Å². The SMILES string of the molecule is CCCc1sc2ccccc2c1C(C)=O. The van der Waals surface area contributed by atoms with Gasteiger partial charge in [-0.3, -0.25) is 4.79 Å². The molecule has 0 atom stereocenters. The highest BCUT2D eigenvalue weighted by molar-refractivity contribution is 7.19. The van der Waals surface area contributed by atoms with Gasteiger partial charge in [-0.05, 0) is 19.4 Å². The Kier molecular flexibility index (Phi) is 2.87. The first-order valence-corrected chi connectivity index (χ1v) is 6.07. The summed E-state index contributed by atoms with van der Waals surface area (Å²) in [4.78, 5) is 12.9. The van der Waals surface area contributed by atoms with E-state index in [4.69, 9.17) is 0 Å². The second-order valence-corrected chi connectivity index (χ2v) is 4.84. The Morgan fingerprint density at radius 1 is 1.33 bits per heavy atom. The fraction of sp³-hybridized carbons (Fsp3) is 0.308. The van der Waals surface area contributed by atoms with Gasteiger partial charge in [-0.15, -0.1) is 11.3 Å². The van der Waals surface area contributed by atoms with E-state index in [1.807, 2.05) is 18.2 Å². The lowest BCUT2D eigenvalue weighted by molar-refractivity contribution is 0.101. The Morgan fingerprint density at radius 3 is 2.73 bits per heavy atom. The van der Waals surface area contributed by atoms with Gasteiger partial charge < -0.3 is 0 Å². The Hall–Kier alpha value is -1.15. The average Bonchev–Trinajstić information content (AvgIpc) is 2.56. The van der Waals surface area contributed by atoms with Gasteiger partial charge in [-0.1, -0.05) is 31.5 Å². The van der Waals surface area contributed by atoms with Gasteiger partial charge in [0, 0.05) is 20.5 Å². The summed E-state index contributed by atoms with van der Waals surface area (Å²) in [5, 5.41) is 1.12. The van der Waals surface area contributed by atoms with Crippen LogP contribution in [-0.4, -0.2) is 5.78 Å². The van der Waals surface area contributed by atoms with E-state index in [1.54, 1.807) is 18.3 Å². The molecule has 0 aliphatic rings. The third kappa shape index (κ3) is 1.82. The molecule has 0 aliphatic carbocycles. The predicted molar refractivity (Wildman–Crippen MR) is 65.8 cm³/mol. The number of carbonyl (C=O) groups excluding carboxylic acids is 1. The largest absolute Gasteiger partial charge is 0.294 e. The number of Topliss-reactive ketones (excluding diaryl/α,β-unsaturated/α-hetero) is 1. The molecule has 2 heteroatoms. The van der Waals surface area contributed by atoms with E-state index < -0.39 is 0 Å². The zero-order valence-corrected chi connectivity index (χ0v) is 9.86. The summed E-state index contributed by atoms with van der Waals surface area (Å²) < 4.78 is 1.23. The van der Waals surface area contributed by atoms with Crippen molar-refractivity contribution in [3.63, 3.8) is 0 Å². The number of carbonyl (C=O) groups is 1. The van der Waals surface area contributed by atoms with Crippen molar-refractivity contribution in [3.05, 3.63) is 34.7 Å². The molecule has 2 rings (SSSR count). The van der Waals surface area contributed by atoms with E-state index in [1.165, 1.54) is 9.58 Å². The fourth-order valence-corrected chi connectivity index (χ4v) is 3.24.